The average molecular weight is 879 g/mol. The molecule has 0 saturated carbocycles. The van der Waals surface area contributed by atoms with Crippen LogP contribution < -0.4 is 0 Å². The smallest absolute Gasteiger partial charge is 0.164 e. The van der Waals surface area contributed by atoms with E-state index < -0.39 is 5.41 Å². The first-order chi connectivity index (χ1) is 34.2. The van der Waals surface area contributed by atoms with Crippen LogP contribution in [-0.4, -0.2) is 19.5 Å². The van der Waals surface area contributed by atoms with Crippen molar-refractivity contribution in [2.75, 3.05) is 0 Å². The molecule has 0 atom stereocenters. The van der Waals surface area contributed by atoms with Crippen LogP contribution in [-0.2, 0) is 5.41 Å². The lowest BCUT2D eigenvalue weighted by Crippen LogP contribution is -2.28. The minimum atomic E-state index is -0.599. The minimum absolute atomic E-state index is 0.599. The Morgan fingerprint density at radius 3 is 1.74 bits per heavy atom. The quantitative estimate of drug-likeness (QED) is 0.177. The van der Waals surface area contributed by atoms with Crippen molar-refractivity contribution < 1.29 is 4.42 Å². The van der Waals surface area contributed by atoms with Crippen LogP contribution in [0.4, 0.5) is 0 Å². The van der Waals surface area contributed by atoms with E-state index in [1.54, 1.807) is 0 Å². The number of benzene rings is 10. The molecular weight excluding hydrogens is 841 g/mol. The first kappa shape index (κ1) is 38.0. The molecule has 10 aromatic carbocycles. The summed E-state index contributed by atoms with van der Waals surface area (Å²) in [5.74, 6) is 1.85. The van der Waals surface area contributed by atoms with Crippen molar-refractivity contribution >= 4 is 43.7 Å². The van der Waals surface area contributed by atoms with Gasteiger partial charge in [0.1, 0.15) is 5.58 Å². The first-order valence-electron chi connectivity index (χ1n) is 23.5. The molecule has 6 bridgehead atoms. The molecular formula is C64H38N4O. The van der Waals surface area contributed by atoms with Crippen molar-refractivity contribution in [2.45, 2.75) is 5.41 Å². The third-order valence-corrected chi connectivity index (χ3v) is 14.7. The van der Waals surface area contributed by atoms with Crippen molar-refractivity contribution in [3.63, 3.8) is 0 Å². The molecule has 0 spiro atoms. The number of aromatic nitrogens is 4. The third-order valence-electron chi connectivity index (χ3n) is 14.7. The summed E-state index contributed by atoms with van der Waals surface area (Å²) in [6, 6.07) is 83.0. The summed E-state index contributed by atoms with van der Waals surface area (Å²) in [7, 11) is 0. The summed E-state index contributed by atoms with van der Waals surface area (Å²) in [5, 5.41) is 4.53. The van der Waals surface area contributed by atoms with Crippen molar-refractivity contribution in [3.05, 3.63) is 253 Å². The highest BCUT2D eigenvalue weighted by atomic mass is 16.3. The van der Waals surface area contributed by atoms with Crippen LogP contribution >= 0.6 is 0 Å². The van der Waals surface area contributed by atoms with Gasteiger partial charge in [-0.25, -0.2) is 15.0 Å². The predicted octanol–water partition coefficient (Wildman–Crippen LogP) is 15.9. The Bertz CT molecular complexity index is 4200. The summed E-state index contributed by atoms with van der Waals surface area (Å²) in [4.78, 5) is 16.2. The third kappa shape index (κ3) is 5.38. The zero-order valence-electron chi connectivity index (χ0n) is 37.1. The SMILES string of the molecule is c1ccc(C2(c3ccccc3)c3ccc4cc3-c3c(cccc32)-c2nc(-c3ccc(-n5c6ccccc6c6ccc7c8ccccc8oc7c65)cc3)nc(n2)-c2cccc(c2)-c2ccccc2-4)cc1. The van der Waals surface area contributed by atoms with Gasteiger partial charge < -0.3 is 8.98 Å². The maximum Gasteiger partial charge on any atom is 0.164 e. The highest BCUT2D eigenvalue weighted by molar-refractivity contribution is 6.21. The Labute approximate surface area is 397 Å². The molecule has 5 heteroatoms. The van der Waals surface area contributed by atoms with Crippen molar-refractivity contribution in [2.24, 2.45) is 0 Å². The summed E-state index contributed by atoms with van der Waals surface area (Å²) in [6.07, 6.45) is 0. The van der Waals surface area contributed by atoms with E-state index in [2.05, 4.69) is 223 Å². The van der Waals surface area contributed by atoms with E-state index in [0.717, 1.165) is 83.0 Å². The van der Waals surface area contributed by atoms with Crippen LogP contribution in [0.1, 0.15) is 22.3 Å². The van der Waals surface area contributed by atoms with Gasteiger partial charge in [-0.3, -0.25) is 0 Å². The van der Waals surface area contributed by atoms with Crippen LogP contribution in [0.25, 0.3) is 117 Å². The van der Waals surface area contributed by atoms with Crippen LogP contribution in [0, 0.1) is 0 Å². The standard InChI is InChI=1S/C64H38N4O/c1-3-17-43(18-4-1)64(44-19-5-2-6-20-44)54-36-31-41-38-53(54)58-52(25-14-26-55(58)64)63-66-61(65-62(67-63)42-16-13-15-40(37-42)46-21-7-8-22-47(41)46)39-29-32-45(33-30-39)68-56-27-11-9-23-48(56)50-34-35-51-49-24-10-12-28-57(49)69-60(51)59(50)68/h1-38H. The topological polar surface area (TPSA) is 56.7 Å². The molecule has 69 heavy (non-hydrogen) atoms. The van der Waals surface area contributed by atoms with E-state index in [0.29, 0.717) is 17.5 Å². The maximum absolute atomic E-state index is 6.67. The number of para-hydroxylation sites is 2. The largest absolute Gasteiger partial charge is 0.454 e. The van der Waals surface area contributed by atoms with Gasteiger partial charge in [0.15, 0.2) is 23.1 Å². The van der Waals surface area contributed by atoms with Crippen molar-refractivity contribution in [3.8, 4) is 73.2 Å². The number of hydrogen-bond donors (Lipinski definition) is 0. The molecule has 3 aromatic heterocycles. The van der Waals surface area contributed by atoms with Gasteiger partial charge in [-0.2, -0.15) is 0 Å². The van der Waals surface area contributed by atoms with Gasteiger partial charge in [0.2, 0.25) is 0 Å². The van der Waals surface area contributed by atoms with E-state index in [4.69, 9.17) is 19.4 Å². The van der Waals surface area contributed by atoms with E-state index in [-0.39, 0.29) is 0 Å². The molecule has 5 nitrogen and oxygen atoms in total. The average Bonchev–Trinajstić information content (AvgIpc) is 4.08. The molecule has 0 saturated heterocycles. The van der Waals surface area contributed by atoms with Crippen LogP contribution in [0.3, 0.4) is 0 Å². The monoisotopic (exact) mass is 878 g/mol. The zero-order valence-corrected chi connectivity index (χ0v) is 37.1. The number of nitrogens with zero attached hydrogens (tertiary/aromatic N) is 4. The van der Waals surface area contributed by atoms with Gasteiger partial charge in [0.25, 0.3) is 0 Å². The molecule has 15 rings (SSSR count). The molecule has 1 aliphatic heterocycles. The van der Waals surface area contributed by atoms with E-state index in [1.165, 1.54) is 38.8 Å². The highest BCUT2D eigenvalue weighted by Crippen LogP contribution is 2.59. The van der Waals surface area contributed by atoms with Crippen molar-refractivity contribution in [1.82, 2.24) is 19.5 Å². The lowest BCUT2D eigenvalue weighted by Gasteiger charge is -2.34. The lowest BCUT2D eigenvalue weighted by atomic mass is 9.67. The Morgan fingerprint density at radius 2 is 0.957 bits per heavy atom. The number of furan rings is 1. The van der Waals surface area contributed by atoms with Crippen LogP contribution in [0.2, 0.25) is 0 Å². The second kappa shape index (κ2) is 14.4. The molecule has 0 fully saturated rings. The summed E-state index contributed by atoms with van der Waals surface area (Å²) in [6.45, 7) is 0. The van der Waals surface area contributed by atoms with E-state index in [1.807, 2.05) is 12.1 Å². The molecule has 0 radical (unpaired) electrons. The molecule has 13 aromatic rings. The van der Waals surface area contributed by atoms with Gasteiger partial charge >= 0.3 is 0 Å². The maximum atomic E-state index is 6.67. The van der Waals surface area contributed by atoms with Gasteiger partial charge in [-0.1, -0.05) is 176 Å². The lowest BCUT2D eigenvalue weighted by molar-refractivity contribution is 0.671. The molecule has 0 amide bonds. The van der Waals surface area contributed by atoms with Crippen molar-refractivity contribution in [1.29, 1.82) is 0 Å². The number of fused-ring (bicyclic) bond motifs is 17. The van der Waals surface area contributed by atoms with Gasteiger partial charge in [-0.15, -0.1) is 0 Å². The predicted molar refractivity (Wildman–Crippen MR) is 279 cm³/mol. The molecule has 320 valence electrons. The molecule has 0 unspecified atom stereocenters. The number of rotatable bonds is 4. The Balaban J connectivity index is 0.982. The minimum Gasteiger partial charge on any atom is -0.454 e. The summed E-state index contributed by atoms with van der Waals surface area (Å²) < 4.78 is 9.00. The fourth-order valence-electron chi connectivity index (χ4n) is 11.7. The fraction of sp³-hybridized carbons (Fsp3) is 0.0156. The second-order valence-electron chi connectivity index (χ2n) is 18.2. The number of hydrogen-bond acceptors (Lipinski definition) is 4. The molecule has 0 N–H and O–H groups in total. The summed E-state index contributed by atoms with van der Waals surface area (Å²) in [5.41, 5.74) is 18.8. The van der Waals surface area contributed by atoms with Gasteiger partial charge in [-0.05, 0) is 110 Å². The molecule has 4 heterocycles. The summed E-state index contributed by atoms with van der Waals surface area (Å²) >= 11 is 0. The fourth-order valence-corrected chi connectivity index (χ4v) is 11.7. The Hall–Kier alpha value is -9.19. The highest BCUT2D eigenvalue weighted by Gasteiger charge is 2.47. The normalized spacial score (nSPS) is 13.0. The zero-order chi connectivity index (χ0) is 45.2. The van der Waals surface area contributed by atoms with Gasteiger partial charge in [0.05, 0.1) is 16.4 Å². The Morgan fingerprint density at radius 1 is 0.362 bits per heavy atom. The van der Waals surface area contributed by atoms with Crippen LogP contribution in [0.5, 0.6) is 0 Å². The second-order valence-corrected chi connectivity index (χ2v) is 18.2. The van der Waals surface area contributed by atoms with E-state index in [9.17, 15) is 0 Å². The van der Waals surface area contributed by atoms with Gasteiger partial charge in [0, 0.05) is 43.9 Å². The molecule has 2 aliphatic rings. The first-order valence-corrected chi connectivity index (χ1v) is 23.5. The van der Waals surface area contributed by atoms with E-state index >= 15 is 0 Å². The molecule has 1 aliphatic carbocycles. The Kier molecular flexibility index (Phi) is 7.93. The van der Waals surface area contributed by atoms with Crippen LogP contribution in [0.15, 0.2) is 235 Å².